The molecule has 0 unspecified atom stereocenters. The zero-order valence-corrected chi connectivity index (χ0v) is 17.0. The molecule has 0 aromatic heterocycles. The molecular formula is C24H19ClN2O3. The molecule has 30 heavy (non-hydrogen) atoms. The lowest BCUT2D eigenvalue weighted by molar-refractivity contribution is -0.126. The number of amides is 2. The van der Waals surface area contributed by atoms with Gasteiger partial charge in [0.1, 0.15) is 5.92 Å². The van der Waals surface area contributed by atoms with E-state index in [9.17, 15) is 9.59 Å². The molecule has 6 heteroatoms. The summed E-state index contributed by atoms with van der Waals surface area (Å²) in [5.74, 6) is -1.33. The Morgan fingerprint density at radius 3 is 2.17 bits per heavy atom. The fraction of sp³-hybridized carbons (Fsp3) is 0.167. The van der Waals surface area contributed by atoms with E-state index in [1.165, 1.54) is 4.90 Å². The summed E-state index contributed by atoms with van der Waals surface area (Å²) in [6, 6.07) is 23.6. The lowest BCUT2D eigenvalue weighted by Crippen LogP contribution is -2.37. The van der Waals surface area contributed by atoms with E-state index in [0.717, 1.165) is 16.8 Å². The molecule has 3 aromatic carbocycles. The van der Waals surface area contributed by atoms with Gasteiger partial charge in [-0.25, -0.2) is 9.96 Å². The quantitative estimate of drug-likeness (QED) is 0.578. The molecule has 0 N–H and O–H groups in total. The van der Waals surface area contributed by atoms with Crippen LogP contribution in [0.5, 0.6) is 0 Å². The SMILES string of the molecule is Cc1ccc(N2C(=O)[C@@H]3[C@@H](ON(c4ccccc4)[C@H]3c3ccccc3Cl)C2=O)cc1. The van der Waals surface area contributed by atoms with Crippen molar-refractivity contribution in [2.24, 2.45) is 5.92 Å². The molecule has 3 aromatic rings. The van der Waals surface area contributed by atoms with Crippen LogP contribution in [0.1, 0.15) is 17.2 Å². The van der Waals surface area contributed by atoms with Crippen LogP contribution >= 0.6 is 11.6 Å². The molecule has 5 rings (SSSR count). The van der Waals surface area contributed by atoms with Crippen molar-refractivity contribution in [2.45, 2.75) is 19.1 Å². The normalized spacial score (nSPS) is 23.2. The van der Waals surface area contributed by atoms with Crippen molar-refractivity contribution in [3.63, 3.8) is 0 Å². The number of hydrogen-bond donors (Lipinski definition) is 0. The Bertz CT molecular complexity index is 1120. The molecular weight excluding hydrogens is 400 g/mol. The van der Waals surface area contributed by atoms with Crippen LogP contribution in [-0.4, -0.2) is 17.9 Å². The molecule has 0 aliphatic carbocycles. The average Bonchev–Trinajstić information content (AvgIpc) is 3.26. The first-order chi connectivity index (χ1) is 14.6. The smallest absolute Gasteiger partial charge is 0.266 e. The van der Waals surface area contributed by atoms with Gasteiger partial charge in [-0.15, -0.1) is 0 Å². The molecule has 2 amide bonds. The summed E-state index contributed by atoms with van der Waals surface area (Å²) in [6.45, 7) is 1.96. The average molecular weight is 419 g/mol. The van der Waals surface area contributed by atoms with Gasteiger partial charge in [-0.3, -0.25) is 14.4 Å². The van der Waals surface area contributed by atoms with Crippen LogP contribution in [0.15, 0.2) is 78.9 Å². The highest BCUT2D eigenvalue weighted by molar-refractivity contribution is 6.31. The standard InChI is InChI=1S/C24H19ClN2O3/c1-15-11-13-16(14-12-15)26-23(28)20-21(18-9-5-6-10-19(18)25)27(30-22(20)24(26)29)17-7-3-2-4-8-17/h2-14,20-22H,1H3/t20-,21-,22+/m0/s1. The lowest BCUT2D eigenvalue weighted by atomic mass is 9.90. The number of fused-ring (bicyclic) bond motifs is 1. The molecule has 0 bridgehead atoms. The molecule has 0 spiro atoms. The topological polar surface area (TPSA) is 49.9 Å². The largest absolute Gasteiger partial charge is 0.273 e. The van der Waals surface area contributed by atoms with Crippen molar-refractivity contribution in [3.05, 3.63) is 95.0 Å². The summed E-state index contributed by atoms with van der Waals surface area (Å²) in [5, 5.41) is 2.18. The summed E-state index contributed by atoms with van der Waals surface area (Å²) in [7, 11) is 0. The van der Waals surface area contributed by atoms with E-state index in [1.807, 2.05) is 67.6 Å². The van der Waals surface area contributed by atoms with Gasteiger partial charge >= 0.3 is 0 Å². The number of anilines is 2. The molecule has 2 fully saturated rings. The van der Waals surface area contributed by atoms with Crippen molar-refractivity contribution >= 4 is 34.8 Å². The summed E-state index contributed by atoms with van der Waals surface area (Å²) < 4.78 is 0. The first kappa shape index (κ1) is 18.9. The predicted molar refractivity (Wildman–Crippen MR) is 115 cm³/mol. The Balaban J connectivity index is 1.60. The Kier molecular flexibility index (Phi) is 4.57. The minimum absolute atomic E-state index is 0.280. The second-order valence-corrected chi connectivity index (χ2v) is 7.93. The van der Waals surface area contributed by atoms with Crippen molar-refractivity contribution in [1.29, 1.82) is 0 Å². The van der Waals surface area contributed by atoms with Gasteiger partial charge in [0.2, 0.25) is 5.91 Å². The number of benzene rings is 3. The number of hydrogen-bond acceptors (Lipinski definition) is 4. The van der Waals surface area contributed by atoms with E-state index in [0.29, 0.717) is 10.7 Å². The van der Waals surface area contributed by atoms with E-state index in [1.54, 1.807) is 23.3 Å². The summed E-state index contributed by atoms with van der Waals surface area (Å²) in [4.78, 5) is 34.1. The Labute approximate surface area is 179 Å². The second kappa shape index (κ2) is 7.27. The third kappa shape index (κ3) is 2.90. The van der Waals surface area contributed by atoms with Crippen LogP contribution in [-0.2, 0) is 14.4 Å². The molecule has 150 valence electrons. The van der Waals surface area contributed by atoms with Gasteiger partial charge in [0, 0.05) is 5.02 Å². The molecule has 0 saturated carbocycles. The molecule has 5 nitrogen and oxygen atoms in total. The van der Waals surface area contributed by atoms with E-state index in [4.69, 9.17) is 16.4 Å². The van der Waals surface area contributed by atoms with E-state index >= 15 is 0 Å². The summed E-state index contributed by atoms with van der Waals surface area (Å²) in [6.07, 6.45) is -0.903. The number of rotatable bonds is 3. The first-order valence-corrected chi connectivity index (χ1v) is 10.1. The number of carbonyl (C=O) groups excluding carboxylic acids is 2. The minimum Gasteiger partial charge on any atom is -0.273 e. The first-order valence-electron chi connectivity index (χ1n) is 9.76. The number of para-hydroxylation sites is 1. The second-order valence-electron chi connectivity index (χ2n) is 7.53. The van der Waals surface area contributed by atoms with E-state index in [2.05, 4.69) is 0 Å². The Morgan fingerprint density at radius 2 is 1.47 bits per heavy atom. The van der Waals surface area contributed by atoms with Gasteiger partial charge in [0.25, 0.3) is 5.91 Å². The summed E-state index contributed by atoms with van der Waals surface area (Å²) >= 11 is 6.51. The fourth-order valence-electron chi connectivity index (χ4n) is 4.19. The zero-order valence-electron chi connectivity index (χ0n) is 16.2. The monoisotopic (exact) mass is 418 g/mol. The highest BCUT2D eigenvalue weighted by atomic mass is 35.5. The number of hydroxylamine groups is 1. The number of imide groups is 1. The van der Waals surface area contributed by atoms with E-state index in [-0.39, 0.29) is 11.8 Å². The molecule has 2 saturated heterocycles. The third-order valence-electron chi connectivity index (χ3n) is 5.64. The van der Waals surface area contributed by atoms with Crippen LogP contribution in [0, 0.1) is 12.8 Å². The van der Waals surface area contributed by atoms with Crippen LogP contribution in [0.2, 0.25) is 5.02 Å². The minimum atomic E-state index is -0.903. The van der Waals surface area contributed by atoms with E-state index < -0.39 is 18.1 Å². The van der Waals surface area contributed by atoms with Crippen molar-refractivity contribution in [1.82, 2.24) is 0 Å². The van der Waals surface area contributed by atoms with Gasteiger partial charge in [0.15, 0.2) is 6.10 Å². The number of nitrogens with zero attached hydrogens (tertiary/aromatic N) is 2. The number of carbonyl (C=O) groups is 2. The highest BCUT2D eigenvalue weighted by Gasteiger charge is 2.60. The van der Waals surface area contributed by atoms with Crippen LogP contribution in [0.25, 0.3) is 0 Å². The van der Waals surface area contributed by atoms with Gasteiger partial charge in [-0.1, -0.05) is 65.7 Å². The maximum absolute atomic E-state index is 13.5. The molecule has 2 aliphatic rings. The maximum Gasteiger partial charge on any atom is 0.266 e. The highest BCUT2D eigenvalue weighted by Crippen LogP contribution is 2.48. The van der Waals surface area contributed by atoms with Crippen molar-refractivity contribution in [3.8, 4) is 0 Å². The van der Waals surface area contributed by atoms with Gasteiger partial charge in [-0.2, -0.15) is 0 Å². The van der Waals surface area contributed by atoms with Gasteiger partial charge in [-0.05, 0) is 42.8 Å². The summed E-state index contributed by atoms with van der Waals surface area (Å²) in [5.41, 5.74) is 3.12. The molecule has 3 atom stereocenters. The molecule has 2 aliphatic heterocycles. The zero-order chi connectivity index (χ0) is 20.8. The lowest BCUT2D eigenvalue weighted by Gasteiger charge is -2.29. The van der Waals surface area contributed by atoms with Crippen molar-refractivity contribution in [2.75, 3.05) is 9.96 Å². The van der Waals surface area contributed by atoms with Crippen molar-refractivity contribution < 1.29 is 14.4 Å². The maximum atomic E-state index is 13.5. The van der Waals surface area contributed by atoms with Crippen LogP contribution < -0.4 is 9.96 Å². The van der Waals surface area contributed by atoms with Crippen LogP contribution in [0.3, 0.4) is 0 Å². The third-order valence-corrected chi connectivity index (χ3v) is 5.99. The van der Waals surface area contributed by atoms with Gasteiger partial charge < -0.3 is 0 Å². The Morgan fingerprint density at radius 1 is 0.800 bits per heavy atom. The van der Waals surface area contributed by atoms with Gasteiger partial charge in [0.05, 0.1) is 17.4 Å². The number of halogens is 1. The predicted octanol–water partition coefficient (Wildman–Crippen LogP) is 4.70. The fourth-order valence-corrected chi connectivity index (χ4v) is 4.44. The number of aryl methyl sites for hydroxylation is 1. The Hall–Kier alpha value is -3.15. The molecule has 2 heterocycles. The van der Waals surface area contributed by atoms with Crippen LogP contribution in [0.4, 0.5) is 11.4 Å². The molecule has 0 radical (unpaired) electrons.